The summed E-state index contributed by atoms with van der Waals surface area (Å²) in [6.07, 6.45) is 5.69. The van der Waals surface area contributed by atoms with Crippen LogP contribution in [-0.4, -0.2) is 29.1 Å². The van der Waals surface area contributed by atoms with Crippen LogP contribution < -0.4 is 5.56 Å². The number of fused-ring (bicyclic) bond motifs is 1. The number of nitrogens with zero attached hydrogens (tertiary/aromatic N) is 2. The maximum atomic E-state index is 12.9. The van der Waals surface area contributed by atoms with E-state index in [1.165, 1.54) is 25.9 Å². The highest BCUT2D eigenvalue weighted by molar-refractivity contribution is 8.93. The lowest BCUT2D eigenvalue weighted by atomic mass is 10.0. The van der Waals surface area contributed by atoms with E-state index in [4.69, 9.17) is 0 Å². The maximum absolute atomic E-state index is 12.9. The first-order valence-electron chi connectivity index (χ1n) is 9.23. The van der Waals surface area contributed by atoms with Gasteiger partial charge in [-0.3, -0.25) is 4.79 Å². The fourth-order valence-electron chi connectivity index (χ4n) is 3.83. The number of pyridine rings is 1. The second-order valence-electron chi connectivity index (χ2n) is 6.86. The highest BCUT2D eigenvalue weighted by Gasteiger charge is 2.12. The van der Waals surface area contributed by atoms with E-state index in [2.05, 4.69) is 17.0 Å². The molecule has 0 bridgehead atoms. The molecule has 0 atom stereocenters. The van der Waals surface area contributed by atoms with Gasteiger partial charge in [0, 0.05) is 23.7 Å². The third-order valence-corrected chi connectivity index (χ3v) is 5.15. The zero-order valence-corrected chi connectivity index (χ0v) is 16.6. The lowest BCUT2D eigenvalue weighted by Crippen LogP contribution is -2.25. The smallest absolute Gasteiger partial charge is 0.258 e. The topological polar surface area (TPSA) is 25.2 Å². The zero-order valence-electron chi connectivity index (χ0n) is 14.9. The van der Waals surface area contributed by atoms with Crippen LogP contribution in [0.4, 0.5) is 0 Å². The van der Waals surface area contributed by atoms with Gasteiger partial charge in [0.15, 0.2) is 0 Å². The van der Waals surface area contributed by atoms with Crippen LogP contribution >= 0.6 is 17.0 Å². The Labute approximate surface area is 165 Å². The Kier molecular flexibility index (Phi) is 6.28. The van der Waals surface area contributed by atoms with E-state index in [1.807, 2.05) is 53.2 Å². The molecule has 0 saturated carbocycles. The predicted molar refractivity (Wildman–Crippen MR) is 114 cm³/mol. The molecule has 3 nitrogen and oxygen atoms in total. The summed E-state index contributed by atoms with van der Waals surface area (Å²) in [5, 5.41) is 1.85. The van der Waals surface area contributed by atoms with Crippen LogP contribution in [0.5, 0.6) is 0 Å². The average Bonchev–Trinajstić information content (AvgIpc) is 3.18. The van der Waals surface area contributed by atoms with E-state index in [9.17, 15) is 4.79 Å². The average molecular weight is 413 g/mol. The molecule has 2 heterocycles. The molecule has 1 aromatic heterocycles. The Hall–Kier alpha value is -1.91. The number of hydrogen-bond donors (Lipinski definition) is 0. The van der Waals surface area contributed by atoms with Crippen LogP contribution in [0.25, 0.3) is 21.9 Å². The maximum Gasteiger partial charge on any atom is 0.258 e. The van der Waals surface area contributed by atoms with Crippen LogP contribution in [0.15, 0.2) is 65.6 Å². The number of aromatic nitrogens is 1. The minimum Gasteiger partial charge on any atom is -0.314 e. The molecule has 1 saturated heterocycles. The summed E-state index contributed by atoms with van der Waals surface area (Å²) in [7, 11) is 0. The summed E-state index contributed by atoms with van der Waals surface area (Å²) in [5.74, 6) is 0. The van der Waals surface area contributed by atoms with Gasteiger partial charge in [-0.15, -0.1) is 17.0 Å². The summed E-state index contributed by atoms with van der Waals surface area (Å²) >= 11 is 0. The second kappa shape index (κ2) is 8.65. The summed E-state index contributed by atoms with van der Waals surface area (Å²) < 4.78 is 1.90. The molecule has 4 rings (SSSR count). The Morgan fingerprint density at radius 1 is 0.808 bits per heavy atom. The van der Waals surface area contributed by atoms with E-state index in [1.54, 1.807) is 0 Å². The number of likely N-dealkylation sites (tertiary alicyclic amines) is 1. The standard InChI is InChI=1S/C22H24N2O.BrH/c25-22-20-12-5-4-11-19(20)21(18-9-2-1-3-10-18)17-24(22)16-8-15-23-13-6-7-14-23;/h1-5,9-12,17H,6-8,13-16H2;1H. The highest BCUT2D eigenvalue weighted by Crippen LogP contribution is 2.26. The number of halogens is 1. The molecule has 1 aliphatic rings. The van der Waals surface area contributed by atoms with Crippen LogP contribution in [0, 0.1) is 0 Å². The first-order chi connectivity index (χ1) is 12.3. The molecule has 4 heteroatoms. The lowest BCUT2D eigenvalue weighted by Gasteiger charge is -2.16. The number of benzene rings is 2. The zero-order chi connectivity index (χ0) is 17.1. The number of aryl methyl sites for hydroxylation is 1. The Bertz CT molecular complexity index is 914. The van der Waals surface area contributed by atoms with Crippen LogP contribution in [0.1, 0.15) is 19.3 Å². The number of rotatable bonds is 5. The van der Waals surface area contributed by atoms with Crippen molar-refractivity contribution in [1.82, 2.24) is 9.47 Å². The second-order valence-corrected chi connectivity index (χ2v) is 6.86. The summed E-state index contributed by atoms with van der Waals surface area (Å²) in [6.45, 7) is 4.28. The van der Waals surface area contributed by atoms with Gasteiger partial charge >= 0.3 is 0 Å². The molecule has 2 aromatic carbocycles. The Balaban J connectivity index is 0.00000196. The predicted octanol–water partition coefficient (Wildman–Crippen LogP) is 4.73. The van der Waals surface area contributed by atoms with Crippen molar-refractivity contribution in [2.45, 2.75) is 25.8 Å². The van der Waals surface area contributed by atoms with Gasteiger partial charge in [0.1, 0.15) is 0 Å². The van der Waals surface area contributed by atoms with Gasteiger partial charge in [-0.2, -0.15) is 0 Å². The van der Waals surface area contributed by atoms with Crippen LogP contribution in [0.2, 0.25) is 0 Å². The van der Waals surface area contributed by atoms with Crippen molar-refractivity contribution in [3.05, 3.63) is 71.1 Å². The Morgan fingerprint density at radius 3 is 2.19 bits per heavy atom. The van der Waals surface area contributed by atoms with E-state index in [-0.39, 0.29) is 22.5 Å². The molecule has 0 radical (unpaired) electrons. The largest absolute Gasteiger partial charge is 0.314 e. The van der Waals surface area contributed by atoms with Gasteiger partial charge in [-0.25, -0.2) is 0 Å². The molecule has 0 spiro atoms. The molecular weight excluding hydrogens is 388 g/mol. The fraction of sp³-hybridized carbons (Fsp3) is 0.318. The summed E-state index contributed by atoms with van der Waals surface area (Å²) in [6, 6.07) is 18.3. The third kappa shape index (κ3) is 3.92. The van der Waals surface area contributed by atoms with Crippen molar-refractivity contribution in [2.75, 3.05) is 19.6 Å². The van der Waals surface area contributed by atoms with Crippen LogP contribution in [0.3, 0.4) is 0 Å². The van der Waals surface area contributed by atoms with Crippen molar-refractivity contribution in [3.8, 4) is 11.1 Å². The molecule has 0 amide bonds. The van der Waals surface area contributed by atoms with Crippen molar-refractivity contribution in [3.63, 3.8) is 0 Å². The van der Waals surface area contributed by atoms with E-state index in [0.717, 1.165) is 41.4 Å². The van der Waals surface area contributed by atoms with Crippen molar-refractivity contribution >= 4 is 27.8 Å². The molecule has 0 unspecified atom stereocenters. The minimum atomic E-state index is 0. The van der Waals surface area contributed by atoms with Gasteiger partial charge in [0.2, 0.25) is 0 Å². The molecule has 0 N–H and O–H groups in total. The molecule has 3 aromatic rings. The van der Waals surface area contributed by atoms with Crippen LogP contribution in [-0.2, 0) is 6.54 Å². The van der Waals surface area contributed by atoms with E-state index >= 15 is 0 Å². The van der Waals surface area contributed by atoms with E-state index in [0.29, 0.717) is 0 Å². The fourth-order valence-corrected chi connectivity index (χ4v) is 3.83. The lowest BCUT2D eigenvalue weighted by molar-refractivity contribution is 0.324. The molecule has 1 aliphatic heterocycles. The molecule has 1 fully saturated rings. The molecule has 26 heavy (non-hydrogen) atoms. The van der Waals surface area contributed by atoms with Gasteiger partial charge < -0.3 is 9.47 Å². The first-order valence-corrected chi connectivity index (χ1v) is 9.23. The number of hydrogen-bond acceptors (Lipinski definition) is 2. The van der Waals surface area contributed by atoms with Crippen molar-refractivity contribution < 1.29 is 0 Å². The SMILES string of the molecule is Br.O=c1c2ccccc2c(-c2ccccc2)cn1CCCN1CCCC1. The normalized spacial score (nSPS) is 14.5. The van der Waals surface area contributed by atoms with Gasteiger partial charge in [0.25, 0.3) is 5.56 Å². The molecule has 136 valence electrons. The van der Waals surface area contributed by atoms with Gasteiger partial charge in [-0.05, 0) is 55.9 Å². The molecular formula is C22H25BrN2O. The highest BCUT2D eigenvalue weighted by atomic mass is 79.9. The quantitative estimate of drug-likeness (QED) is 0.604. The third-order valence-electron chi connectivity index (χ3n) is 5.15. The van der Waals surface area contributed by atoms with E-state index < -0.39 is 0 Å². The van der Waals surface area contributed by atoms with Crippen molar-refractivity contribution in [2.24, 2.45) is 0 Å². The van der Waals surface area contributed by atoms with Gasteiger partial charge in [0.05, 0.1) is 0 Å². The van der Waals surface area contributed by atoms with Crippen molar-refractivity contribution in [1.29, 1.82) is 0 Å². The molecule has 0 aliphatic carbocycles. The van der Waals surface area contributed by atoms with Gasteiger partial charge in [-0.1, -0.05) is 48.5 Å². The minimum absolute atomic E-state index is 0. The Morgan fingerprint density at radius 2 is 1.46 bits per heavy atom. The summed E-state index contributed by atoms with van der Waals surface area (Å²) in [5.41, 5.74) is 2.42. The summed E-state index contributed by atoms with van der Waals surface area (Å²) in [4.78, 5) is 15.4. The first kappa shape index (κ1) is 18.9. The monoisotopic (exact) mass is 412 g/mol.